The Bertz CT molecular complexity index is 1080. The molecule has 0 saturated carbocycles. The Labute approximate surface area is 199 Å². The summed E-state index contributed by atoms with van der Waals surface area (Å²) in [6.07, 6.45) is 0.0529. The van der Waals surface area contributed by atoms with E-state index in [1.54, 1.807) is 50.2 Å². The monoisotopic (exact) mass is 469 g/mol. The summed E-state index contributed by atoms with van der Waals surface area (Å²) in [6, 6.07) is 10.1. The van der Waals surface area contributed by atoms with Gasteiger partial charge in [-0.2, -0.15) is 0 Å². The number of carbonyl (C=O) groups is 3. The van der Waals surface area contributed by atoms with Crippen LogP contribution in [-0.4, -0.2) is 29.4 Å². The second-order valence-electron chi connectivity index (χ2n) is 10.3. The number of halogens is 1. The van der Waals surface area contributed by atoms with Crippen LogP contribution in [0.5, 0.6) is 0 Å². The summed E-state index contributed by atoms with van der Waals surface area (Å²) in [5.41, 5.74) is 0.464. The van der Waals surface area contributed by atoms with E-state index in [1.807, 2.05) is 20.8 Å². The van der Waals surface area contributed by atoms with Gasteiger partial charge in [0.15, 0.2) is 0 Å². The van der Waals surface area contributed by atoms with Gasteiger partial charge in [0, 0.05) is 18.7 Å². The fraction of sp³-hybridized carbons (Fsp3) is 0.423. The van der Waals surface area contributed by atoms with E-state index in [0.29, 0.717) is 16.7 Å². The Morgan fingerprint density at radius 1 is 1.09 bits per heavy atom. The molecular formula is C26H32FN3O4. The number of amides is 3. The molecule has 0 radical (unpaired) electrons. The van der Waals surface area contributed by atoms with Crippen LogP contribution in [0.1, 0.15) is 63.8 Å². The lowest BCUT2D eigenvalue weighted by Crippen LogP contribution is -2.40. The molecule has 0 spiro atoms. The van der Waals surface area contributed by atoms with Gasteiger partial charge in [0.05, 0.1) is 11.5 Å². The number of anilines is 1. The van der Waals surface area contributed by atoms with E-state index in [4.69, 9.17) is 0 Å². The molecule has 0 aliphatic carbocycles. The Balaban J connectivity index is 1.86. The van der Waals surface area contributed by atoms with Crippen molar-refractivity contribution in [1.29, 1.82) is 0 Å². The molecule has 2 atom stereocenters. The Morgan fingerprint density at radius 2 is 1.74 bits per heavy atom. The van der Waals surface area contributed by atoms with Gasteiger partial charge in [-0.05, 0) is 48.1 Å². The minimum atomic E-state index is -1.08. The van der Waals surface area contributed by atoms with Crippen molar-refractivity contribution in [1.82, 2.24) is 10.6 Å². The third-order valence-electron chi connectivity index (χ3n) is 5.89. The minimum Gasteiger partial charge on any atom is -0.386 e. The summed E-state index contributed by atoms with van der Waals surface area (Å²) < 4.78 is 14.6. The highest BCUT2D eigenvalue weighted by Gasteiger charge is 2.32. The first-order valence-electron chi connectivity index (χ1n) is 11.3. The fourth-order valence-electron chi connectivity index (χ4n) is 3.85. The molecule has 1 saturated heterocycles. The molecule has 1 heterocycles. The molecule has 3 amide bonds. The highest BCUT2D eigenvalue weighted by atomic mass is 19.1. The predicted molar refractivity (Wildman–Crippen MR) is 127 cm³/mol. The smallest absolute Gasteiger partial charge is 0.251 e. The summed E-state index contributed by atoms with van der Waals surface area (Å²) in [7, 11) is 0. The van der Waals surface area contributed by atoms with Crippen LogP contribution in [0.3, 0.4) is 0 Å². The maximum Gasteiger partial charge on any atom is 0.251 e. The molecule has 2 aromatic rings. The largest absolute Gasteiger partial charge is 0.386 e. The molecule has 1 aliphatic heterocycles. The number of hydrogen-bond donors (Lipinski definition) is 4. The van der Waals surface area contributed by atoms with E-state index in [0.717, 1.165) is 0 Å². The lowest BCUT2D eigenvalue weighted by Gasteiger charge is -2.23. The SMILES string of the molecule is CC(C)(C)c1ccc(NC(=O)[C@H](NC(=O)[C@@H]2CNC(=O)C2)c2ccc(C(C)(C)O)cc2)cc1F. The quantitative estimate of drug-likeness (QED) is 0.521. The molecule has 7 nitrogen and oxygen atoms in total. The van der Waals surface area contributed by atoms with Gasteiger partial charge in [-0.1, -0.05) is 51.1 Å². The van der Waals surface area contributed by atoms with E-state index < -0.39 is 40.6 Å². The van der Waals surface area contributed by atoms with Gasteiger partial charge in [-0.25, -0.2) is 4.39 Å². The molecule has 0 bridgehead atoms. The van der Waals surface area contributed by atoms with Crippen molar-refractivity contribution in [2.75, 3.05) is 11.9 Å². The highest BCUT2D eigenvalue weighted by Crippen LogP contribution is 2.28. The van der Waals surface area contributed by atoms with Gasteiger partial charge < -0.3 is 21.1 Å². The summed E-state index contributed by atoms with van der Waals surface area (Å²) in [4.78, 5) is 37.5. The van der Waals surface area contributed by atoms with Crippen molar-refractivity contribution < 1.29 is 23.9 Å². The van der Waals surface area contributed by atoms with Gasteiger partial charge in [0.1, 0.15) is 11.9 Å². The standard InChI is InChI=1S/C26H32FN3O4/c1-25(2,3)19-11-10-18(13-20(19)27)29-24(33)22(30-23(32)16-12-21(31)28-14-16)15-6-8-17(9-7-15)26(4,5)34/h6-11,13,16,22,34H,12,14H2,1-5H3,(H,28,31)(H,29,33)(H,30,32)/t16-,22+/m0/s1. The maximum absolute atomic E-state index is 14.6. The molecule has 0 unspecified atom stereocenters. The number of rotatable bonds is 6. The van der Waals surface area contributed by atoms with E-state index in [9.17, 15) is 23.9 Å². The molecule has 4 N–H and O–H groups in total. The van der Waals surface area contributed by atoms with Crippen LogP contribution >= 0.6 is 0 Å². The number of aliphatic hydroxyl groups is 1. The predicted octanol–water partition coefficient (Wildman–Crippen LogP) is 3.28. The first-order valence-corrected chi connectivity index (χ1v) is 11.3. The molecule has 3 rings (SSSR count). The molecule has 2 aromatic carbocycles. The van der Waals surface area contributed by atoms with Crippen molar-refractivity contribution in [3.05, 3.63) is 65.0 Å². The molecule has 8 heteroatoms. The van der Waals surface area contributed by atoms with Crippen LogP contribution in [0.4, 0.5) is 10.1 Å². The molecule has 1 fully saturated rings. The average molecular weight is 470 g/mol. The van der Waals surface area contributed by atoms with E-state index in [1.165, 1.54) is 6.07 Å². The summed E-state index contributed by atoms with van der Waals surface area (Å²) in [5.74, 6) is -2.22. The zero-order valence-electron chi connectivity index (χ0n) is 20.2. The first-order chi connectivity index (χ1) is 15.8. The number of carbonyl (C=O) groups excluding carboxylic acids is 3. The van der Waals surface area contributed by atoms with Gasteiger partial charge in [-0.15, -0.1) is 0 Å². The third-order valence-corrected chi connectivity index (χ3v) is 5.89. The molecule has 1 aliphatic rings. The summed E-state index contributed by atoms with van der Waals surface area (Å²) in [6.45, 7) is 9.19. The van der Waals surface area contributed by atoms with E-state index >= 15 is 0 Å². The fourth-order valence-corrected chi connectivity index (χ4v) is 3.85. The number of nitrogens with one attached hydrogen (secondary N) is 3. The van der Waals surface area contributed by atoms with Gasteiger partial charge >= 0.3 is 0 Å². The van der Waals surface area contributed by atoms with Gasteiger partial charge in [-0.3, -0.25) is 14.4 Å². The normalized spacial score (nSPS) is 17.1. The zero-order chi connectivity index (χ0) is 25.3. The Hall–Kier alpha value is -3.26. The minimum absolute atomic E-state index is 0.0529. The number of benzene rings is 2. The van der Waals surface area contributed by atoms with Gasteiger partial charge in [0.2, 0.25) is 11.8 Å². The molecular weight excluding hydrogens is 437 g/mol. The second-order valence-corrected chi connectivity index (χ2v) is 10.3. The maximum atomic E-state index is 14.6. The van der Waals surface area contributed by atoms with E-state index in [-0.39, 0.29) is 24.6 Å². The third kappa shape index (κ3) is 5.99. The van der Waals surface area contributed by atoms with E-state index in [2.05, 4.69) is 16.0 Å². The Kier molecular flexibility index (Phi) is 7.12. The lowest BCUT2D eigenvalue weighted by molar-refractivity contribution is -0.129. The molecule has 34 heavy (non-hydrogen) atoms. The van der Waals surface area contributed by atoms with Gasteiger partial charge in [0.25, 0.3) is 5.91 Å². The van der Waals surface area contributed by atoms with Crippen LogP contribution in [0.15, 0.2) is 42.5 Å². The van der Waals surface area contributed by atoms with Crippen LogP contribution < -0.4 is 16.0 Å². The van der Waals surface area contributed by atoms with Crippen LogP contribution in [0, 0.1) is 11.7 Å². The van der Waals surface area contributed by atoms with Crippen molar-refractivity contribution >= 4 is 23.4 Å². The highest BCUT2D eigenvalue weighted by molar-refractivity contribution is 5.99. The van der Waals surface area contributed by atoms with Crippen molar-refractivity contribution in [2.45, 2.75) is 58.1 Å². The van der Waals surface area contributed by atoms with Crippen molar-refractivity contribution in [3.8, 4) is 0 Å². The zero-order valence-corrected chi connectivity index (χ0v) is 20.2. The van der Waals surface area contributed by atoms with Crippen molar-refractivity contribution in [2.24, 2.45) is 5.92 Å². The lowest BCUT2D eigenvalue weighted by atomic mass is 9.86. The molecule has 182 valence electrons. The summed E-state index contributed by atoms with van der Waals surface area (Å²) >= 11 is 0. The van der Waals surface area contributed by atoms with Crippen LogP contribution in [0.2, 0.25) is 0 Å². The topological polar surface area (TPSA) is 108 Å². The Morgan fingerprint density at radius 3 is 2.24 bits per heavy atom. The first kappa shape index (κ1) is 25.4. The molecule has 0 aromatic heterocycles. The summed E-state index contributed by atoms with van der Waals surface area (Å²) in [5, 5.41) is 18.2. The number of hydrogen-bond acceptors (Lipinski definition) is 4. The average Bonchev–Trinajstić information content (AvgIpc) is 3.17. The van der Waals surface area contributed by atoms with Crippen LogP contribution in [-0.2, 0) is 25.4 Å². The second kappa shape index (κ2) is 9.54. The van der Waals surface area contributed by atoms with Crippen LogP contribution in [0.25, 0.3) is 0 Å². The van der Waals surface area contributed by atoms with Crippen molar-refractivity contribution in [3.63, 3.8) is 0 Å².